The summed E-state index contributed by atoms with van der Waals surface area (Å²) in [6.07, 6.45) is 4.66. The van der Waals surface area contributed by atoms with Gasteiger partial charge in [0.1, 0.15) is 5.69 Å². The molecule has 0 saturated carbocycles. The number of hydrogen-bond donors (Lipinski definition) is 1. The molecule has 0 fully saturated rings. The first kappa shape index (κ1) is 13.9. The van der Waals surface area contributed by atoms with Crippen LogP contribution in [0, 0.1) is 0 Å². The predicted octanol–water partition coefficient (Wildman–Crippen LogP) is 1.39. The van der Waals surface area contributed by atoms with Crippen LogP contribution in [0.1, 0.15) is 11.4 Å². The lowest BCUT2D eigenvalue weighted by Gasteiger charge is -2.03. The Kier molecular flexibility index (Phi) is 4.15. The number of hydrogen-bond acceptors (Lipinski definition) is 6. The van der Waals surface area contributed by atoms with E-state index in [-0.39, 0.29) is 18.2 Å². The molecule has 0 unspecified atom stereocenters. The number of amides is 1. The van der Waals surface area contributed by atoms with Crippen molar-refractivity contribution in [1.82, 2.24) is 25.4 Å². The zero-order valence-electron chi connectivity index (χ0n) is 11.6. The van der Waals surface area contributed by atoms with Crippen molar-refractivity contribution in [2.45, 2.75) is 13.0 Å². The standard InChI is InChI=1S/C15H13N5O2/c21-14(18-9-11-4-2-1-3-5-11)8-13-19-15(22-20-13)12-10-16-6-7-17-12/h1-7,10H,8-9H2,(H,18,21). The van der Waals surface area contributed by atoms with E-state index in [1.165, 1.54) is 12.4 Å². The number of nitrogens with zero attached hydrogens (tertiary/aromatic N) is 4. The Labute approximate surface area is 126 Å². The van der Waals surface area contributed by atoms with Gasteiger partial charge in [0.2, 0.25) is 5.91 Å². The van der Waals surface area contributed by atoms with Crippen LogP contribution in [0.3, 0.4) is 0 Å². The van der Waals surface area contributed by atoms with E-state index >= 15 is 0 Å². The van der Waals surface area contributed by atoms with Crippen LogP contribution in [0.25, 0.3) is 11.6 Å². The molecule has 0 spiro atoms. The predicted molar refractivity (Wildman–Crippen MR) is 77.3 cm³/mol. The molecule has 22 heavy (non-hydrogen) atoms. The fourth-order valence-electron chi connectivity index (χ4n) is 1.84. The third kappa shape index (κ3) is 3.51. The molecule has 3 aromatic rings. The minimum absolute atomic E-state index is 0.0522. The molecule has 2 aromatic heterocycles. The Bertz CT molecular complexity index is 743. The van der Waals surface area contributed by atoms with E-state index in [1.54, 1.807) is 6.20 Å². The van der Waals surface area contributed by atoms with Crippen molar-refractivity contribution in [2.75, 3.05) is 0 Å². The Balaban J connectivity index is 1.57. The van der Waals surface area contributed by atoms with Gasteiger partial charge in [-0.1, -0.05) is 35.5 Å². The Morgan fingerprint density at radius 3 is 2.82 bits per heavy atom. The molecule has 0 radical (unpaired) electrons. The van der Waals surface area contributed by atoms with Gasteiger partial charge in [0.15, 0.2) is 5.82 Å². The van der Waals surface area contributed by atoms with Gasteiger partial charge in [0.25, 0.3) is 5.89 Å². The van der Waals surface area contributed by atoms with Gasteiger partial charge in [-0.15, -0.1) is 0 Å². The van der Waals surface area contributed by atoms with Gasteiger partial charge in [0, 0.05) is 18.9 Å². The summed E-state index contributed by atoms with van der Waals surface area (Å²) in [5.74, 6) is 0.389. The smallest absolute Gasteiger partial charge is 0.278 e. The summed E-state index contributed by atoms with van der Waals surface area (Å²) in [5.41, 5.74) is 1.51. The molecule has 1 aromatic carbocycles. The van der Waals surface area contributed by atoms with E-state index < -0.39 is 0 Å². The van der Waals surface area contributed by atoms with Crippen LogP contribution in [0.4, 0.5) is 0 Å². The molecule has 0 aliphatic rings. The number of benzene rings is 1. The van der Waals surface area contributed by atoms with Crippen molar-refractivity contribution in [3.05, 3.63) is 60.3 Å². The zero-order chi connectivity index (χ0) is 15.2. The minimum atomic E-state index is -0.171. The second-order valence-corrected chi connectivity index (χ2v) is 4.55. The van der Waals surface area contributed by atoms with Crippen molar-refractivity contribution < 1.29 is 9.32 Å². The maximum Gasteiger partial charge on any atom is 0.278 e. The Hall–Kier alpha value is -3.09. The van der Waals surface area contributed by atoms with Crippen LogP contribution in [0.5, 0.6) is 0 Å². The Morgan fingerprint density at radius 1 is 1.18 bits per heavy atom. The largest absolute Gasteiger partial charge is 0.352 e. The summed E-state index contributed by atoms with van der Waals surface area (Å²) in [7, 11) is 0. The number of rotatable bonds is 5. The molecule has 1 N–H and O–H groups in total. The molecule has 1 amide bonds. The van der Waals surface area contributed by atoms with Crippen LogP contribution in [-0.2, 0) is 17.8 Å². The Morgan fingerprint density at radius 2 is 2.05 bits per heavy atom. The summed E-state index contributed by atoms with van der Waals surface area (Å²) < 4.78 is 5.07. The van der Waals surface area contributed by atoms with Gasteiger partial charge >= 0.3 is 0 Å². The van der Waals surface area contributed by atoms with Crippen molar-refractivity contribution in [3.8, 4) is 11.6 Å². The van der Waals surface area contributed by atoms with Crippen molar-refractivity contribution in [2.24, 2.45) is 0 Å². The number of aromatic nitrogens is 4. The van der Waals surface area contributed by atoms with Gasteiger partial charge in [0.05, 0.1) is 12.6 Å². The molecule has 0 aliphatic heterocycles. The van der Waals surface area contributed by atoms with Crippen LogP contribution in [0.2, 0.25) is 0 Å². The molecule has 3 rings (SSSR count). The summed E-state index contributed by atoms with van der Waals surface area (Å²) in [4.78, 5) is 24.0. The van der Waals surface area contributed by atoms with Gasteiger partial charge in [-0.3, -0.25) is 9.78 Å². The fraction of sp³-hybridized carbons (Fsp3) is 0.133. The van der Waals surface area contributed by atoms with Gasteiger partial charge in [-0.2, -0.15) is 4.98 Å². The van der Waals surface area contributed by atoms with E-state index in [4.69, 9.17) is 4.52 Å². The van der Waals surface area contributed by atoms with E-state index in [0.29, 0.717) is 18.1 Å². The first-order valence-electron chi connectivity index (χ1n) is 6.71. The van der Waals surface area contributed by atoms with Crippen LogP contribution in [-0.4, -0.2) is 26.0 Å². The molecular formula is C15H13N5O2. The molecule has 0 aliphatic carbocycles. The third-order valence-electron chi connectivity index (χ3n) is 2.90. The molecule has 7 nitrogen and oxygen atoms in total. The SMILES string of the molecule is O=C(Cc1noc(-c2cnccn2)n1)NCc1ccccc1. The molecule has 2 heterocycles. The fourth-order valence-corrected chi connectivity index (χ4v) is 1.84. The monoisotopic (exact) mass is 295 g/mol. The lowest BCUT2D eigenvalue weighted by Crippen LogP contribution is -2.24. The molecular weight excluding hydrogens is 282 g/mol. The highest BCUT2D eigenvalue weighted by atomic mass is 16.5. The molecule has 0 bridgehead atoms. The van der Waals surface area contributed by atoms with Gasteiger partial charge < -0.3 is 9.84 Å². The number of nitrogens with one attached hydrogen (secondary N) is 1. The van der Waals surface area contributed by atoms with Gasteiger partial charge in [-0.25, -0.2) is 4.98 Å². The summed E-state index contributed by atoms with van der Waals surface area (Å²) in [6, 6.07) is 9.67. The summed E-state index contributed by atoms with van der Waals surface area (Å²) in [6.45, 7) is 0.467. The number of carbonyl (C=O) groups is 1. The maximum absolute atomic E-state index is 11.9. The minimum Gasteiger partial charge on any atom is -0.352 e. The van der Waals surface area contributed by atoms with Gasteiger partial charge in [-0.05, 0) is 5.56 Å². The topological polar surface area (TPSA) is 93.8 Å². The van der Waals surface area contributed by atoms with Crippen molar-refractivity contribution in [1.29, 1.82) is 0 Å². The van der Waals surface area contributed by atoms with E-state index in [2.05, 4.69) is 25.4 Å². The lowest BCUT2D eigenvalue weighted by molar-refractivity contribution is -0.120. The maximum atomic E-state index is 11.9. The first-order valence-corrected chi connectivity index (χ1v) is 6.71. The second-order valence-electron chi connectivity index (χ2n) is 4.55. The summed E-state index contributed by atoms with van der Waals surface area (Å²) >= 11 is 0. The highest BCUT2D eigenvalue weighted by Crippen LogP contribution is 2.12. The highest BCUT2D eigenvalue weighted by Gasteiger charge is 2.13. The van der Waals surface area contributed by atoms with Crippen LogP contribution < -0.4 is 5.32 Å². The molecule has 110 valence electrons. The third-order valence-corrected chi connectivity index (χ3v) is 2.90. The second kappa shape index (κ2) is 6.57. The average Bonchev–Trinajstić information content (AvgIpc) is 3.03. The number of carbonyl (C=O) groups excluding carboxylic acids is 1. The van der Waals surface area contributed by atoms with Crippen LogP contribution >= 0.6 is 0 Å². The van der Waals surface area contributed by atoms with E-state index in [9.17, 15) is 4.79 Å². The quantitative estimate of drug-likeness (QED) is 0.764. The molecule has 0 atom stereocenters. The molecule has 7 heteroatoms. The first-order chi connectivity index (χ1) is 10.8. The normalized spacial score (nSPS) is 10.4. The zero-order valence-corrected chi connectivity index (χ0v) is 11.6. The highest BCUT2D eigenvalue weighted by molar-refractivity contribution is 5.77. The van der Waals surface area contributed by atoms with Crippen molar-refractivity contribution >= 4 is 5.91 Å². The molecule has 0 saturated heterocycles. The lowest BCUT2D eigenvalue weighted by atomic mass is 10.2. The van der Waals surface area contributed by atoms with Crippen LogP contribution in [0.15, 0.2) is 53.4 Å². The van der Waals surface area contributed by atoms with E-state index in [0.717, 1.165) is 5.56 Å². The van der Waals surface area contributed by atoms with Crippen molar-refractivity contribution in [3.63, 3.8) is 0 Å². The van der Waals surface area contributed by atoms with E-state index in [1.807, 2.05) is 30.3 Å². The summed E-state index contributed by atoms with van der Waals surface area (Å²) in [5, 5.41) is 6.58. The average molecular weight is 295 g/mol.